The van der Waals surface area contributed by atoms with Crippen LogP contribution >= 0.6 is 0 Å². The maximum Gasteiger partial charge on any atom is 0.113 e. The second kappa shape index (κ2) is 8.34. The zero-order valence-corrected chi connectivity index (χ0v) is 16.1. The van der Waals surface area contributed by atoms with Crippen molar-refractivity contribution in [1.82, 2.24) is 14.5 Å². The Hall–Kier alpha value is -2.68. The molecule has 0 aliphatic rings. The molecule has 0 spiro atoms. The van der Waals surface area contributed by atoms with E-state index in [0.29, 0.717) is 0 Å². The predicted molar refractivity (Wildman–Crippen MR) is 114 cm³/mol. The summed E-state index contributed by atoms with van der Waals surface area (Å²) in [5, 5.41) is 2.57. The summed E-state index contributed by atoms with van der Waals surface area (Å²) >= 11 is 0. The minimum Gasteiger partial charge on any atom is -0.339 e. The topological polar surface area (TPSA) is 30.7 Å². The monoisotopic (exact) mass is 357 g/mol. The number of hydrogen-bond donors (Lipinski definition) is 0. The summed E-state index contributed by atoms with van der Waals surface area (Å²) < 4.78 is 2.46. The molecule has 27 heavy (non-hydrogen) atoms. The summed E-state index contributed by atoms with van der Waals surface area (Å²) in [5.41, 5.74) is 4.43. The van der Waals surface area contributed by atoms with Crippen molar-refractivity contribution in [1.29, 1.82) is 0 Å². The van der Waals surface area contributed by atoms with E-state index >= 15 is 0 Å². The van der Waals surface area contributed by atoms with Gasteiger partial charge in [0.25, 0.3) is 0 Å². The van der Waals surface area contributed by atoms with Crippen molar-refractivity contribution in [3.8, 4) is 11.4 Å². The summed E-state index contributed by atoms with van der Waals surface area (Å²) in [7, 11) is 0. The average molecular weight is 358 g/mol. The zero-order valence-electron chi connectivity index (χ0n) is 16.1. The number of nitrogens with zero attached hydrogens (tertiary/aromatic N) is 3. The predicted octanol–water partition coefficient (Wildman–Crippen LogP) is 6.61. The van der Waals surface area contributed by atoms with Gasteiger partial charge in [0.2, 0.25) is 0 Å². The fourth-order valence-electron chi connectivity index (χ4n) is 3.97. The Morgan fingerprint density at radius 1 is 0.741 bits per heavy atom. The summed E-state index contributed by atoms with van der Waals surface area (Å²) in [4.78, 5) is 9.28. The normalized spacial score (nSPS) is 11.4. The van der Waals surface area contributed by atoms with E-state index in [1.807, 2.05) is 24.5 Å². The maximum absolute atomic E-state index is 4.72. The largest absolute Gasteiger partial charge is 0.339 e. The lowest BCUT2D eigenvalue weighted by Gasteiger charge is -2.10. The number of hydrogen-bond acceptors (Lipinski definition) is 2. The molecule has 0 saturated carbocycles. The van der Waals surface area contributed by atoms with E-state index < -0.39 is 0 Å². The second-order valence-corrected chi connectivity index (χ2v) is 7.21. The second-order valence-electron chi connectivity index (χ2n) is 7.21. The smallest absolute Gasteiger partial charge is 0.113 e. The van der Waals surface area contributed by atoms with Crippen molar-refractivity contribution in [3.05, 3.63) is 60.9 Å². The number of pyridine rings is 2. The van der Waals surface area contributed by atoms with Gasteiger partial charge in [-0.2, -0.15) is 0 Å². The summed E-state index contributed by atoms with van der Waals surface area (Å²) in [6.45, 7) is 3.30. The first-order valence-corrected chi connectivity index (χ1v) is 10.2. The number of unbranched alkanes of at least 4 members (excludes halogenated alkanes) is 5. The molecular weight excluding hydrogens is 330 g/mol. The molecule has 4 aromatic rings. The van der Waals surface area contributed by atoms with Crippen LogP contribution in [0, 0.1) is 0 Å². The van der Waals surface area contributed by atoms with Crippen molar-refractivity contribution in [2.24, 2.45) is 0 Å². The maximum atomic E-state index is 4.72. The van der Waals surface area contributed by atoms with Gasteiger partial charge in [0.15, 0.2) is 0 Å². The Bertz CT molecular complexity index is 1020. The molecule has 0 radical (unpaired) electrons. The van der Waals surface area contributed by atoms with Gasteiger partial charge >= 0.3 is 0 Å². The molecule has 0 saturated heterocycles. The highest BCUT2D eigenvalue weighted by atomic mass is 15.0. The molecule has 1 aromatic carbocycles. The van der Waals surface area contributed by atoms with E-state index in [0.717, 1.165) is 17.9 Å². The molecule has 138 valence electrons. The Balaban J connectivity index is 1.75. The van der Waals surface area contributed by atoms with Crippen LogP contribution in [0.3, 0.4) is 0 Å². The van der Waals surface area contributed by atoms with Gasteiger partial charge in [-0.1, -0.05) is 63.3 Å². The van der Waals surface area contributed by atoms with Crippen LogP contribution in [0.1, 0.15) is 45.4 Å². The van der Waals surface area contributed by atoms with Gasteiger partial charge in [-0.25, -0.2) is 0 Å². The van der Waals surface area contributed by atoms with E-state index in [1.165, 1.54) is 60.3 Å². The number of fused-ring (bicyclic) bond motifs is 3. The molecule has 3 aromatic heterocycles. The van der Waals surface area contributed by atoms with Crippen LogP contribution in [0.2, 0.25) is 0 Å². The van der Waals surface area contributed by atoms with Gasteiger partial charge in [-0.3, -0.25) is 9.97 Å². The molecular formula is C24H27N3. The molecule has 0 aliphatic heterocycles. The van der Waals surface area contributed by atoms with Crippen molar-refractivity contribution in [3.63, 3.8) is 0 Å². The average Bonchev–Trinajstić information content (AvgIpc) is 3.05. The van der Waals surface area contributed by atoms with Crippen molar-refractivity contribution >= 4 is 21.8 Å². The minimum atomic E-state index is 0.940. The molecule has 3 heterocycles. The molecule has 0 atom stereocenters. The SMILES string of the molecule is CCCCCCCCn1c2ccccc2c2ccnc(-c3ccccn3)c21. The molecule has 0 fully saturated rings. The van der Waals surface area contributed by atoms with E-state index in [2.05, 4.69) is 52.9 Å². The van der Waals surface area contributed by atoms with E-state index in [1.54, 1.807) is 0 Å². The molecule has 0 aliphatic carbocycles. The van der Waals surface area contributed by atoms with Gasteiger partial charge in [0.05, 0.1) is 11.2 Å². The number of rotatable bonds is 8. The van der Waals surface area contributed by atoms with E-state index in [9.17, 15) is 0 Å². The molecule has 4 rings (SSSR count). The van der Waals surface area contributed by atoms with Crippen molar-refractivity contribution in [2.75, 3.05) is 0 Å². The van der Waals surface area contributed by atoms with Gasteiger partial charge in [0.1, 0.15) is 5.69 Å². The van der Waals surface area contributed by atoms with E-state index in [-0.39, 0.29) is 0 Å². The number of benzene rings is 1. The molecule has 3 heteroatoms. The van der Waals surface area contributed by atoms with Gasteiger partial charge in [0, 0.05) is 35.2 Å². The first kappa shape index (κ1) is 17.7. The summed E-state index contributed by atoms with van der Waals surface area (Å²) in [6.07, 6.45) is 11.6. The van der Waals surface area contributed by atoms with E-state index in [4.69, 9.17) is 4.98 Å². The quantitative estimate of drug-likeness (QED) is 0.332. The molecule has 0 N–H and O–H groups in total. The fraction of sp³-hybridized carbons (Fsp3) is 0.333. The van der Waals surface area contributed by atoms with Crippen LogP contribution < -0.4 is 0 Å². The third-order valence-electron chi connectivity index (χ3n) is 5.32. The summed E-state index contributed by atoms with van der Waals surface area (Å²) in [5.74, 6) is 0. The Kier molecular flexibility index (Phi) is 5.47. The minimum absolute atomic E-state index is 0.940. The van der Waals surface area contributed by atoms with Crippen molar-refractivity contribution in [2.45, 2.75) is 52.0 Å². The fourth-order valence-corrected chi connectivity index (χ4v) is 3.97. The Morgan fingerprint density at radius 2 is 1.56 bits per heavy atom. The lowest BCUT2D eigenvalue weighted by Crippen LogP contribution is -2.00. The van der Waals surface area contributed by atoms with Crippen LogP contribution in [0.15, 0.2) is 60.9 Å². The van der Waals surface area contributed by atoms with Crippen LogP contribution in [-0.4, -0.2) is 14.5 Å². The Labute approximate surface area is 161 Å². The number of aryl methyl sites for hydroxylation is 1. The first-order chi connectivity index (χ1) is 13.4. The highest BCUT2D eigenvalue weighted by Gasteiger charge is 2.16. The first-order valence-electron chi connectivity index (χ1n) is 10.2. The molecule has 0 amide bonds. The van der Waals surface area contributed by atoms with Gasteiger partial charge < -0.3 is 4.57 Å². The third kappa shape index (κ3) is 3.59. The lowest BCUT2D eigenvalue weighted by molar-refractivity contribution is 0.571. The molecule has 3 nitrogen and oxygen atoms in total. The van der Waals surface area contributed by atoms with Gasteiger partial charge in [-0.05, 0) is 30.7 Å². The number of aromatic nitrogens is 3. The molecule has 0 bridgehead atoms. The standard InChI is InChI=1S/C24H27N3/c1-2-3-4-5-6-11-18-27-22-14-8-7-12-19(22)20-15-17-26-23(24(20)27)21-13-9-10-16-25-21/h7-10,12-17H,2-6,11,18H2,1H3. The van der Waals surface area contributed by atoms with Crippen LogP contribution in [-0.2, 0) is 6.54 Å². The lowest BCUT2D eigenvalue weighted by atomic mass is 10.1. The highest BCUT2D eigenvalue weighted by Crippen LogP contribution is 2.34. The zero-order chi connectivity index (χ0) is 18.5. The van der Waals surface area contributed by atoms with Crippen LogP contribution in [0.4, 0.5) is 0 Å². The van der Waals surface area contributed by atoms with Crippen LogP contribution in [0.25, 0.3) is 33.2 Å². The third-order valence-corrected chi connectivity index (χ3v) is 5.32. The Morgan fingerprint density at radius 3 is 2.41 bits per heavy atom. The van der Waals surface area contributed by atoms with Crippen LogP contribution in [0.5, 0.6) is 0 Å². The molecule has 0 unspecified atom stereocenters. The van der Waals surface area contributed by atoms with Gasteiger partial charge in [-0.15, -0.1) is 0 Å². The van der Waals surface area contributed by atoms with Crippen molar-refractivity contribution < 1.29 is 0 Å². The number of para-hydroxylation sites is 1. The summed E-state index contributed by atoms with van der Waals surface area (Å²) in [6, 6.07) is 16.9. The highest BCUT2D eigenvalue weighted by molar-refractivity contribution is 6.11.